The lowest BCUT2D eigenvalue weighted by atomic mass is 9.87. The Kier molecular flexibility index (Phi) is 5.37. The van der Waals surface area contributed by atoms with E-state index in [0.717, 1.165) is 24.3 Å². The van der Waals surface area contributed by atoms with E-state index in [2.05, 4.69) is 12.2 Å². The molecule has 132 valence electrons. The second kappa shape index (κ2) is 7.68. The maximum Gasteiger partial charge on any atom is 0.240 e. The zero-order chi connectivity index (χ0) is 17.8. The molecule has 1 aliphatic rings. The zero-order valence-electron chi connectivity index (χ0n) is 15.0. The van der Waals surface area contributed by atoms with Gasteiger partial charge in [0, 0.05) is 17.8 Å². The molecule has 1 aliphatic carbocycles. The average Bonchev–Trinajstić information content (AvgIpc) is 3.05. The largest absolute Gasteiger partial charge is 0.352 e. The van der Waals surface area contributed by atoms with Gasteiger partial charge >= 0.3 is 0 Å². The fourth-order valence-corrected chi connectivity index (χ4v) is 3.56. The number of aryl methyl sites for hydroxylation is 1. The first kappa shape index (κ1) is 17.5. The molecule has 0 aliphatic heterocycles. The van der Waals surface area contributed by atoms with Crippen LogP contribution in [0.5, 0.6) is 0 Å². The minimum absolute atomic E-state index is 0.0189. The second-order valence-corrected chi connectivity index (χ2v) is 7.19. The van der Waals surface area contributed by atoms with Crippen molar-refractivity contribution < 1.29 is 9.59 Å². The van der Waals surface area contributed by atoms with E-state index in [-0.39, 0.29) is 24.3 Å². The predicted molar refractivity (Wildman–Crippen MR) is 98.6 cm³/mol. The van der Waals surface area contributed by atoms with Gasteiger partial charge in [-0.15, -0.1) is 0 Å². The number of benzene rings is 1. The summed E-state index contributed by atoms with van der Waals surface area (Å²) in [6.07, 6.45) is 6.24. The molecule has 0 saturated heterocycles. The molecular weight excluding hydrogens is 312 g/mol. The van der Waals surface area contributed by atoms with Crippen LogP contribution in [0, 0.1) is 12.8 Å². The van der Waals surface area contributed by atoms with Gasteiger partial charge in [-0.1, -0.05) is 31.2 Å². The number of carbonyl (C=O) groups excluding carboxylic acids is 2. The Balaban J connectivity index is 1.66. The average molecular weight is 338 g/mol. The van der Waals surface area contributed by atoms with Gasteiger partial charge in [0.05, 0.1) is 5.69 Å². The number of carbonyl (C=O) groups is 2. The van der Waals surface area contributed by atoms with E-state index >= 15 is 0 Å². The number of amides is 1. The highest BCUT2D eigenvalue weighted by molar-refractivity contribution is 6.09. The van der Waals surface area contributed by atoms with Crippen LogP contribution in [-0.4, -0.2) is 22.3 Å². The van der Waals surface area contributed by atoms with Gasteiger partial charge in [-0.25, -0.2) is 0 Å². The summed E-state index contributed by atoms with van der Waals surface area (Å²) in [5.41, 5.74) is 2.19. The summed E-state index contributed by atoms with van der Waals surface area (Å²) in [4.78, 5) is 25.2. The van der Waals surface area contributed by atoms with Crippen LogP contribution >= 0.6 is 0 Å². The summed E-state index contributed by atoms with van der Waals surface area (Å²) < 4.78 is 1.75. The third kappa shape index (κ3) is 4.19. The maximum atomic E-state index is 12.8. The van der Waals surface area contributed by atoms with Crippen molar-refractivity contribution in [2.75, 3.05) is 0 Å². The molecule has 0 bridgehead atoms. The van der Waals surface area contributed by atoms with Gasteiger partial charge in [-0.05, 0) is 56.2 Å². The molecule has 2 aromatic rings. The minimum atomic E-state index is -0.0395. The van der Waals surface area contributed by atoms with Gasteiger partial charge in [0.2, 0.25) is 11.7 Å². The number of hydrogen-bond donors (Lipinski definition) is 1. The van der Waals surface area contributed by atoms with Crippen molar-refractivity contribution in [1.29, 1.82) is 0 Å². The van der Waals surface area contributed by atoms with Crippen molar-refractivity contribution in [2.24, 2.45) is 5.92 Å². The van der Waals surface area contributed by atoms with E-state index in [1.807, 2.05) is 37.3 Å². The predicted octanol–water partition coefficient (Wildman–Crippen LogP) is 3.72. The Labute approximate surface area is 149 Å². The molecule has 1 amide bonds. The van der Waals surface area contributed by atoms with Crippen LogP contribution in [0.1, 0.15) is 54.2 Å². The molecule has 4 heteroatoms. The maximum absolute atomic E-state index is 12.8. The van der Waals surface area contributed by atoms with Crippen molar-refractivity contribution >= 4 is 11.7 Å². The minimum Gasteiger partial charge on any atom is -0.352 e. The number of nitrogens with one attached hydrogen (secondary N) is 1. The van der Waals surface area contributed by atoms with Crippen molar-refractivity contribution in [3.63, 3.8) is 0 Å². The molecule has 3 rings (SSSR count). The highest BCUT2D eigenvalue weighted by Gasteiger charge is 2.21. The molecule has 1 saturated carbocycles. The quantitative estimate of drug-likeness (QED) is 0.845. The molecule has 1 aromatic carbocycles. The van der Waals surface area contributed by atoms with Crippen LogP contribution in [0.2, 0.25) is 0 Å². The summed E-state index contributed by atoms with van der Waals surface area (Å²) in [7, 11) is 0. The molecule has 1 fully saturated rings. The topological polar surface area (TPSA) is 51.1 Å². The Morgan fingerprint density at radius 1 is 1.08 bits per heavy atom. The fourth-order valence-electron chi connectivity index (χ4n) is 3.56. The van der Waals surface area contributed by atoms with Crippen LogP contribution in [0.25, 0.3) is 0 Å². The van der Waals surface area contributed by atoms with Crippen molar-refractivity contribution in [3.05, 3.63) is 59.4 Å². The summed E-state index contributed by atoms with van der Waals surface area (Å²) >= 11 is 0. The highest BCUT2D eigenvalue weighted by atomic mass is 16.2. The number of nitrogens with zero attached hydrogens (tertiary/aromatic N) is 1. The van der Waals surface area contributed by atoms with Gasteiger partial charge in [0.1, 0.15) is 6.54 Å². The Hall–Kier alpha value is -2.36. The van der Waals surface area contributed by atoms with Crippen LogP contribution in [-0.2, 0) is 11.3 Å². The molecule has 4 nitrogen and oxygen atoms in total. The SMILES string of the molecule is Cc1ccccc1C(=O)c1cccn1CC(=O)NC1CCC(C)CC1. The fraction of sp³-hybridized carbons (Fsp3) is 0.429. The number of ketones is 1. The lowest BCUT2D eigenvalue weighted by molar-refractivity contribution is -0.122. The third-order valence-electron chi connectivity index (χ3n) is 5.15. The second-order valence-electron chi connectivity index (χ2n) is 7.19. The van der Waals surface area contributed by atoms with E-state index in [1.165, 1.54) is 12.8 Å². The van der Waals surface area contributed by atoms with E-state index in [9.17, 15) is 9.59 Å². The van der Waals surface area contributed by atoms with Gasteiger partial charge in [0.25, 0.3) is 0 Å². The Morgan fingerprint density at radius 2 is 1.80 bits per heavy atom. The smallest absolute Gasteiger partial charge is 0.240 e. The number of aromatic nitrogens is 1. The van der Waals surface area contributed by atoms with Crippen LogP contribution in [0.15, 0.2) is 42.6 Å². The molecule has 1 heterocycles. The molecule has 0 unspecified atom stereocenters. The standard InChI is InChI=1S/C21H26N2O2/c1-15-9-11-17(12-10-15)22-20(24)14-23-13-5-8-19(23)21(25)18-7-4-3-6-16(18)2/h3-8,13,15,17H,9-12,14H2,1-2H3,(H,22,24). The summed E-state index contributed by atoms with van der Waals surface area (Å²) in [6.45, 7) is 4.38. The number of rotatable bonds is 5. The van der Waals surface area contributed by atoms with Gasteiger partial charge in [0.15, 0.2) is 0 Å². The van der Waals surface area contributed by atoms with Crippen molar-refractivity contribution in [1.82, 2.24) is 9.88 Å². The Bertz CT molecular complexity index is 755. The summed E-state index contributed by atoms with van der Waals surface area (Å²) in [6, 6.07) is 11.4. The van der Waals surface area contributed by atoms with Crippen LogP contribution in [0.3, 0.4) is 0 Å². The molecule has 1 aromatic heterocycles. The lowest BCUT2D eigenvalue weighted by Gasteiger charge is -2.27. The molecule has 1 N–H and O–H groups in total. The van der Waals surface area contributed by atoms with Crippen molar-refractivity contribution in [2.45, 2.75) is 52.1 Å². The van der Waals surface area contributed by atoms with Gasteiger partial charge < -0.3 is 9.88 Å². The summed E-state index contributed by atoms with van der Waals surface area (Å²) in [5, 5.41) is 3.12. The highest BCUT2D eigenvalue weighted by Crippen LogP contribution is 2.23. The summed E-state index contributed by atoms with van der Waals surface area (Å²) in [5.74, 6) is 0.702. The molecule has 0 radical (unpaired) electrons. The molecule has 0 spiro atoms. The van der Waals surface area contributed by atoms with E-state index in [0.29, 0.717) is 11.3 Å². The molecule has 0 atom stereocenters. The zero-order valence-corrected chi connectivity index (χ0v) is 15.0. The first-order valence-electron chi connectivity index (χ1n) is 9.09. The van der Waals surface area contributed by atoms with Crippen LogP contribution < -0.4 is 5.32 Å². The first-order chi connectivity index (χ1) is 12.0. The van der Waals surface area contributed by atoms with Crippen molar-refractivity contribution in [3.8, 4) is 0 Å². The first-order valence-corrected chi connectivity index (χ1v) is 9.09. The van der Waals surface area contributed by atoms with E-state index in [4.69, 9.17) is 0 Å². The van der Waals surface area contributed by atoms with Crippen LogP contribution in [0.4, 0.5) is 0 Å². The number of hydrogen-bond acceptors (Lipinski definition) is 2. The normalized spacial score (nSPS) is 20.2. The van der Waals surface area contributed by atoms with E-state index < -0.39 is 0 Å². The monoisotopic (exact) mass is 338 g/mol. The molecular formula is C21H26N2O2. The third-order valence-corrected chi connectivity index (χ3v) is 5.15. The van der Waals surface area contributed by atoms with Gasteiger partial charge in [-0.3, -0.25) is 9.59 Å². The lowest BCUT2D eigenvalue weighted by Crippen LogP contribution is -2.39. The molecule has 25 heavy (non-hydrogen) atoms. The van der Waals surface area contributed by atoms with E-state index in [1.54, 1.807) is 16.8 Å². The Morgan fingerprint density at radius 3 is 2.52 bits per heavy atom. The van der Waals surface area contributed by atoms with Gasteiger partial charge in [-0.2, -0.15) is 0 Å².